The summed E-state index contributed by atoms with van der Waals surface area (Å²) in [4.78, 5) is 14.7. The van der Waals surface area contributed by atoms with Crippen molar-refractivity contribution in [3.63, 3.8) is 0 Å². The van der Waals surface area contributed by atoms with Crippen molar-refractivity contribution < 1.29 is 23.0 Å². The molecule has 0 spiro atoms. The number of aromatic nitrogens is 1. The van der Waals surface area contributed by atoms with Crippen LogP contribution in [0.5, 0.6) is 17.2 Å². The summed E-state index contributed by atoms with van der Waals surface area (Å²) in [7, 11) is -1.44. The van der Waals surface area contributed by atoms with Gasteiger partial charge >= 0.3 is 0 Å². The van der Waals surface area contributed by atoms with E-state index in [0.29, 0.717) is 41.3 Å². The molecule has 0 aliphatic heterocycles. The number of aromatic amines is 1. The van der Waals surface area contributed by atoms with E-state index in [4.69, 9.17) is 15.2 Å². The fourth-order valence-electron chi connectivity index (χ4n) is 3.54. The zero-order valence-corrected chi connectivity index (χ0v) is 19.0. The molecule has 0 atom stereocenters. The Labute approximate surface area is 186 Å². The van der Waals surface area contributed by atoms with E-state index in [2.05, 4.69) is 4.98 Å². The van der Waals surface area contributed by atoms with Crippen LogP contribution in [0.4, 0.5) is 5.69 Å². The maximum absolute atomic E-state index is 13.3. The van der Waals surface area contributed by atoms with E-state index in [9.17, 15) is 18.3 Å². The minimum absolute atomic E-state index is 0.154. The Balaban J connectivity index is 2.40. The number of pyridine rings is 1. The van der Waals surface area contributed by atoms with Crippen LogP contribution in [0.2, 0.25) is 0 Å². The van der Waals surface area contributed by atoms with Crippen LogP contribution in [0.25, 0.3) is 11.1 Å². The summed E-state index contributed by atoms with van der Waals surface area (Å²) in [6.45, 7) is 1.99. The van der Waals surface area contributed by atoms with Crippen molar-refractivity contribution in [3.05, 3.63) is 58.5 Å². The van der Waals surface area contributed by atoms with Crippen molar-refractivity contribution in [2.75, 3.05) is 20.0 Å². The van der Waals surface area contributed by atoms with Gasteiger partial charge < -0.3 is 25.3 Å². The smallest absolute Gasteiger partial charge is 0.271 e. The minimum atomic E-state index is -4.35. The van der Waals surface area contributed by atoms with Crippen molar-refractivity contribution in [2.24, 2.45) is 0 Å². The van der Waals surface area contributed by atoms with Gasteiger partial charge in [-0.15, -0.1) is 0 Å². The first-order chi connectivity index (χ1) is 15.3. The van der Waals surface area contributed by atoms with Crippen molar-refractivity contribution in [1.82, 2.24) is 4.98 Å². The molecule has 1 aromatic heterocycles. The van der Waals surface area contributed by atoms with Crippen molar-refractivity contribution in [3.8, 4) is 28.4 Å². The van der Waals surface area contributed by atoms with Gasteiger partial charge in [0.25, 0.3) is 5.56 Å². The number of sulfone groups is 1. The van der Waals surface area contributed by atoms with Gasteiger partial charge in [0.05, 0.1) is 30.2 Å². The van der Waals surface area contributed by atoms with Crippen LogP contribution in [-0.2, 0) is 16.3 Å². The van der Waals surface area contributed by atoms with Crippen LogP contribution in [0, 0.1) is 0 Å². The summed E-state index contributed by atoms with van der Waals surface area (Å²) < 4.78 is 37.6. The maximum atomic E-state index is 13.3. The van der Waals surface area contributed by atoms with E-state index < -0.39 is 26.0 Å². The number of hydrogen-bond acceptors (Lipinski definition) is 7. The first-order valence-electron chi connectivity index (χ1n) is 10.1. The number of nitrogen functional groups attached to an aromatic ring is 1. The molecule has 9 heteroatoms. The van der Waals surface area contributed by atoms with E-state index in [1.165, 1.54) is 38.5 Å². The standard InChI is InChI=1S/C23H26N2O6S/c1-4-5-7-16-19(20-17(30-2)8-6-9-18(20)31-3)21(26)22(23(27)25-16)32(28,29)15-12-10-14(24)11-13-15/h6,8-13H,4-5,7,24H2,1-3H3,(H2,25,26,27). The van der Waals surface area contributed by atoms with E-state index >= 15 is 0 Å². The van der Waals surface area contributed by atoms with Gasteiger partial charge in [-0.2, -0.15) is 0 Å². The van der Waals surface area contributed by atoms with Gasteiger partial charge in [0.1, 0.15) is 17.2 Å². The summed E-state index contributed by atoms with van der Waals surface area (Å²) in [6, 6.07) is 10.5. The third kappa shape index (κ3) is 4.16. The molecule has 170 valence electrons. The lowest BCUT2D eigenvalue weighted by molar-refractivity contribution is 0.395. The number of anilines is 1. The lowest BCUT2D eigenvalue weighted by Gasteiger charge is -2.19. The van der Waals surface area contributed by atoms with Gasteiger partial charge in [-0.05, 0) is 49.2 Å². The Hall–Kier alpha value is -3.46. The second kappa shape index (κ2) is 9.35. The molecule has 3 aromatic rings. The van der Waals surface area contributed by atoms with Gasteiger partial charge in [-0.1, -0.05) is 19.4 Å². The molecule has 2 aromatic carbocycles. The highest BCUT2D eigenvalue weighted by Gasteiger charge is 2.31. The molecule has 0 saturated heterocycles. The summed E-state index contributed by atoms with van der Waals surface area (Å²) in [5, 5.41) is 11.3. The van der Waals surface area contributed by atoms with E-state index in [-0.39, 0.29) is 10.5 Å². The summed E-state index contributed by atoms with van der Waals surface area (Å²) in [5.74, 6) is 0.0695. The maximum Gasteiger partial charge on any atom is 0.271 e. The largest absolute Gasteiger partial charge is 0.506 e. The number of nitrogens with one attached hydrogen (secondary N) is 1. The molecule has 0 radical (unpaired) electrons. The van der Waals surface area contributed by atoms with Gasteiger partial charge in [-0.3, -0.25) is 4.79 Å². The predicted molar refractivity (Wildman–Crippen MR) is 122 cm³/mol. The highest BCUT2D eigenvalue weighted by Crippen LogP contribution is 2.46. The second-order valence-electron chi connectivity index (χ2n) is 7.20. The van der Waals surface area contributed by atoms with Crippen LogP contribution in [0.15, 0.2) is 57.1 Å². The summed E-state index contributed by atoms with van der Waals surface area (Å²) in [5.41, 5.74) is 6.03. The van der Waals surface area contributed by atoms with Crippen LogP contribution in [-0.4, -0.2) is 32.7 Å². The van der Waals surface area contributed by atoms with E-state index in [1.807, 2.05) is 6.92 Å². The molecule has 32 heavy (non-hydrogen) atoms. The minimum Gasteiger partial charge on any atom is -0.506 e. The van der Waals surface area contributed by atoms with Crippen LogP contribution < -0.4 is 20.8 Å². The summed E-state index contributed by atoms with van der Waals surface area (Å²) >= 11 is 0. The molecule has 4 N–H and O–H groups in total. The predicted octanol–water partition coefficient (Wildman–Crippen LogP) is 3.52. The Bertz CT molecular complexity index is 1260. The number of H-pyrrole nitrogens is 1. The van der Waals surface area contributed by atoms with Crippen LogP contribution in [0.1, 0.15) is 25.5 Å². The summed E-state index contributed by atoms with van der Waals surface area (Å²) in [6.07, 6.45) is 1.96. The van der Waals surface area contributed by atoms with Crippen LogP contribution in [0.3, 0.4) is 0 Å². The molecular weight excluding hydrogens is 432 g/mol. The molecule has 3 rings (SSSR count). The molecule has 0 aliphatic rings. The quantitative estimate of drug-likeness (QED) is 0.440. The SMILES string of the molecule is CCCCc1[nH]c(=O)c(S(=O)(=O)c2ccc(N)cc2)c(O)c1-c1c(OC)cccc1OC. The number of hydrogen-bond donors (Lipinski definition) is 3. The average Bonchev–Trinajstić information content (AvgIpc) is 2.77. The van der Waals surface area contributed by atoms with Gasteiger partial charge in [-0.25, -0.2) is 8.42 Å². The Morgan fingerprint density at radius 3 is 2.12 bits per heavy atom. The van der Waals surface area contributed by atoms with E-state index in [1.54, 1.807) is 18.2 Å². The Kier molecular flexibility index (Phi) is 6.78. The van der Waals surface area contributed by atoms with Gasteiger partial charge in [0, 0.05) is 11.4 Å². The number of aromatic hydroxyl groups is 1. The molecule has 0 amide bonds. The number of unbranched alkanes of at least 4 members (excludes halogenated alkanes) is 1. The van der Waals surface area contributed by atoms with Gasteiger partial charge in [0.2, 0.25) is 9.84 Å². The molecule has 0 fully saturated rings. The lowest BCUT2D eigenvalue weighted by atomic mass is 9.98. The average molecular weight is 459 g/mol. The topological polar surface area (TPSA) is 132 Å². The highest BCUT2D eigenvalue weighted by atomic mass is 32.2. The number of ether oxygens (including phenoxy) is 2. The zero-order chi connectivity index (χ0) is 23.5. The molecule has 1 heterocycles. The number of aryl methyl sites for hydroxylation is 1. The monoisotopic (exact) mass is 458 g/mol. The second-order valence-corrected chi connectivity index (χ2v) is 9.09. The molecule has 0 bridgehead atoms. The molecule has 8 nitrogen and oxygen atoms in total. The third-order valence-corrected chi connectivity index (χ3v) is 6.95. The number of rotatable bonds is 8. The van der Waals surface area contributed by atoms with Crippen molar-refractivity contribution in [1.29, 1.82) is 0 Å². The van der Waals surface area contributed by atoms with Gasteiger partial charge in [0.15, 0.2) is 4.90 Å². The number of nitrogens with two attached hydrogens (primary N) is 1. The third-order valence-electron chi connectivity index (χ3n) is 5.14. The normalized spacial score (nSPS) is 11.3. The lowest BCUT2D eigenvalue weighted by Crippen LogP contribution is -2.21. The van der Waals surface area contributed by atoms with Crippen molar-refractivity contribution >= 4 is 15.5 Å². The Morgan fingerprint density at radius 1 is 1.00 bits per heavy atom. The molecule has 0 unspecified atom stereocenters. The van der Waals surface area contributed by atoms with Crippen LogP contribution >= 0.6 is 0 Å². The fourth-order valence-corrected chi connectivity index (χ4v) is 4.92. The fraction of sp³-hybridized carbons (Fsp3) is 0.261. The number of benzene rings is 2. The first kappa shape index (κ1) is 23.2. The highest BCUT2D eigenvalue weighted by molar-refractivity contribution is 7.91. The Morgan fingerprint density at radius 2 is 1.59 bits per heavy atom. The first-order valence-corrected chi connectivity index (χ1v) is 11.5. The number of methoxy groups -OCH3 is 2. The zero-order valence-electron chi connectivity index (χ0n) is 18.1. The molecule has 0 saturated carbocycles. The van der Waals surface area contributed by atoms with E-state index in [0.717, 1.165) is 6.42 Å². The molecular formula is C23H26N2O6S. The molecule has 0 aliphatic carbocycles. The van der Waals surface area contributed by atoms with Crippen molar-refractivity contribution in [2.45, 2.75) is 36.0 Å².